The number of piperazine rings is 1. The van der Waals surface area contributed by atoms with Gasteiger partial charge in [0.05, 0.1) is 5.75 Å². The van der Waals surface area contributed by atoms with Gasteiger partial charge in [0.15, 0.2) is 0 Å². The van der Waals surface area contributed by atoms with Crippen LogP contribution >= 0.6 is 11.8 Å². The zero-order valence-electron chi connectivity index (χ0n) is 16.4. The van der Waals surface area contributed by atoms with Gasteiger partial charge in [0.2, 0.25) is 11.8 Å². The van der Waals surface area contributed by atoms with E-state index in [4.69, 9.17) is 0 Å². The molecular formula is C22H29N3O2S. The van der Waals surface area contributed by atoms with Crippen molar-refractivity contribution in [2.45, 2.75) is 43.8 Å². The number of nitrogens with one attached hydrogen (secondary N) is 1. The highest BCUT2D eigenvalue weighted by Crippen LogP contribution is 2.29. The highest BCUT2D eigenvalue weighted by molar-refractivity contribution is 8.00. The summed E-state index contributed by atoms with van der Waals surface area (Å²) in [6, 6.07) is 8.20. The van der Waals surface area contributed by atoms with Gasteiger partial charge < -0.3 is 14.8 Å². The molecule has 4 rings (SSSR count). The molecule has 2 fully saturated rings. The number of amides is 2. The van der Waals surface area contributed by atoms with Crippen molar-refractivity contribution in [2.24, 2.45) is 0 Å². The lowest BCUT2D eigenvalue weighted by Crippen LogP contribution is -2.51. The van der Waals surface area contributed by atoms with Gasteiger partial charge in [0.1, 0.15) is 0 Å². The number of carbonyl (C=O) groups is 2. The summed E-state index contributed by atoms with van der Waals surface area (Å²) in [6.45, 7) is 2.66. The summed E-state index contributed by atoms with van der Waals surface area (Å²) in [5, 5.41) is 1.88. The fourth-order valence-corrected chi connectivity index (χ4v) is 5.51. The summed E-state index contributed by atoms with van der Waals surface area (Å²) in [4.78, 5) is 32.2. The van der Waals surface area contributed by atoms with E-state index in [0.717, 1.165) is 11.9 Å². The molecule has 1 aromatic carbocycles. The van der Waals surface area contributed by atoms with Gasteiger partial charge in [-0.2, -0.15) is 0 Å². The van der Waals surface area contributed by atoms with E-state index < -0.39 is 0 Å². The Bertz CT molecular complexity index is 820. The van der Waals surface area contributed by atoms with Crippen LogP contribution in [-0.2, 0) is 16.0 Å². The maximum atomic E-state index is 12.6. The monoisotopic (exact) mass is 399 g/mol. The van der Waals surface area contributed by atoms with Gasteiger partial charge in [-0.05, 0) is 30.9 Å². The molecule has 1 saturated carbocycles. The predicted molar refractivity (Wildman–Crippen MR) is 114 cm³/mol. The van der Waals surface area contributed by atoms with E-state index in [2.05, 4.69) is 17.1 Å². The summed E-state index contributed by atoms with van der Waals surface area (Å²) in [5.41, 5.74) is 2.31. The van der Waals surface area contributed by atoms with Gasteiger partial charge in [-0.3, -0.25) is 9.59 Å². The van der Waals surface area contributed by atoms with Gasteiger partial charge in [-0.1, -0.05) is 31.0 Å². The van der Waals surface area contributed by atoms with Gasteiger partial charge in [-0.25, -0.2) is 0 Å². The Morgan fingerprint density at radius 1 is 1.00 bits per heavy atom. The van der Waals surface area contributed by atoms with Crippen LogP contribution in [0, 0.1) is 0 Å². The molecule has 0 atom stereocenters. The van der Waals surface area contributed by atoms with E-state index in [-0.39, 0.29) is 11.8 Å². The van der Waals surface area contributed by atoms with Gasteiger partial charge >= 0.3 is 0 Å². The molecule has 1 aliphatic heterocycles. The highest BCUT2D eigenvalue weighted by atomic mass is 32.2. The third-order valence-electron chi connectivity index (χ3n) is 6.01. The van der Waals surface area contributed by atoms with Crippen molar-refractivity contribution in [1.82, 2.24) is 14.8 Å². The molecule has 2 aromatic rings. The summed E-state index contributed by atoms with van der Waals surface area (Å²) in [5.74, 6) is 1.03. The first-order chi connectivity index (χ1) is 13.7. The molecule has 5 nitrogen and oxygen atoms in total. The number of benzene rings is 1. The number of thioether (sulfide) groups is 1. The van der Waals surface area contributed by atoms with E-state index in [0.29, 0.717) is 43.6 Å². The Morgan fingerprint density at radius 3 is 2.43 bits per heavy atom. The van der Waals surface area contributed by atoms with Crippen molar-refractivity contribution < 1.29 is 9.59 Å². The normalized spacial score (nSPS) is 18.1. The van der Waals surface area contributed by atoms with E-state index in [1.807, 2.05) is 39.9 Å². The molecule has 2 amide bonds. The van der Waals surface area contributed by atoms with E-state index in [1.165, 1.54) is 36.6 Å². The molecule has 1 saturated heterocycles. The molecule has 150 valence electrons. The second-order valence-corrected chi connectivity index (χ2v) is 9.13. The molecule has 28 heavy (non-hydrogen) atoms. The average molecular weight is 400 g/mol. The Hall–Kier alpha value is -1.95. The van der Waals surface area contributed by atoms with Crippen LogP contribution < -0.4 is 0 Å². The third kappa shape index (κ3) is 4.54. The topological polar surface area (TPSA) is 56.4 Å². The molecule has 2 heterocycles. The first-order valence-electron chi connectivity index (χ1n) is 10.4. The molecule has 0 radical (unpaired) electrons. The Kier molecular flexibility index (Phi) is 6.25. The van der Waals surface area contributed by atoms with Crippen molar-refractivity contribution >= 4 is 34.5 Å². The lowest BCUT2D eigenvalue weighted by molar-refractivity contribution is -0.138. The fraction of sp³-hybridized carbons (Fsp3) is 0.545. The average Bonchev–Trinajstić information content (AvgIpc) is 3.40. The van der Waals surface area contributed by atoms with Crippen LogP contribution in [-0.4, -0.2) is 63.8 Å². The first-order valence-corrected chi connectivity index (χ1v) is 11.5. The molecule has 0 spiro atoms. The van der Waals surface area contributed by atoms with E-state index >= 15 is 0 Å². The van der Waals surface area contributed by atoms with E-state index in [1.54, 1.807) is 0 Å². The maximum absolute atomic E-state index is 12.6. The number of fused-ring (bicyclic) bond motifs is 1. The largest absolute Gasteiger partial charge is 0.361 e. The van der Waals surface area contributed by atoms with Crippen molar-refractivity contribution in [3.8, 4) is 0 Å². The summed E-state index contributed by atoms with van der Waals surface area (Å²) in [6.07, 6.45) is 8.42. The zero-order valence-corrected chi connectivity index (χ0v) is 17.2. The number of hydrogen-bond acceptors (Lipinski definition) is 3. The number of nitrogens with zero attached hydrogens (tertiary/aromatic N) is 2. The highest BCUT2D eigenvalue weighted by Gasteiger charge is 2.25. The molecular weight excluding hydrogens is 370 g/mol. The van der Waals surface area contributed by atoms with Crippen molar-refractivity contribution in [3.05, 3.63) is 36.0 Å². The number of aryl methyl sites for hydroxylation is 1. The molecule has 0 bridgehead atoms. The number of hydrogen-bond donors (Lipinski definition) is 1. The number of para-hydroxylation sites is 1. The van der Waals surface area contributed by atoms with Crippen LogP contribution in [0.1, 0.15) is 37.7 Å². The Labute approximate surface area is 170 Å². The number of H-pyrrole nitrogens is 1. The molecule has 0 unspecified atom stereocenters. The smallest absolute Gasteiger partial charge is 0.232 e. The minimum atomic E-state index is 0.192. The maximum Gasteiger partial charge on any atom is 0.232 e. The number of carbonyl (C=O) groups excluding carboxylic acids is 2. The number of rotatable bonds is 6. The van der Waals surface area contributed by atoms with Crippen molar-refractivity contribution in [3.63, 3.8) is 0 Å². The summed E-state index contributed by atoms with van der Waals surface area (Å²) >= 11 is 1.83. The van der Waals surface area contributed by atoms with Gasteiger partial charge in [-0.15, -0.1) is 11.8 Å². The van der Waals surface area contributed by atoms with Gasteiger partial charge in [0.25, 0.3) is 0 Å². The second kappa shape index (κ2) is 9.03. The molecule has 6 heteroatoms. The zero-order chi connectivity index (χ0) is 19.3. The third-order valence-corrected chi connectivity index (χ3v) is 7.37. The van der Waals surface area contributed by atoms with Crippen molar-refractivity contribution in [1.29, 1.82) is 0 Å². The Balaban J connectivity index is 1.21. The standard InChI is InChI=1S/C22H29N3O2S/c26-21(10-9-17-15-23-20-8-4-3-7-19(17)20)24-11-13-25(14-12-24)22(27)16-28-18-5-1-2-6-18/h3-4,7-8,15,18,23H,1-2,5-6,9-14,16H2. The minimum Gasteiger partial charge on any atom is -0.361 e. The van der Waals surface area contributed by atoms with Gasteiger partial charge in [0, 0.05) is 54.9 Å². The number of aromatic nitrogens is 1. The van der Waals surface area contributed by atoms with Crippen molar-refractivity contribution in [2.75, 3.05) is 31.9 Å². The lowest BCUT2D eigenvalue weighted by Gasteiger charge is -2.35. The van der Waals surface area contributed by atoms with Crippen LogP contribution in [0.2, 0.25) is 0 Å². The fourth-order valence-electron chi connectivity index (χ4n) is 4.28. The first kappa shape index (κ1) is 19.4. The Morgan fingerprint density at radius 2 is 1.68 bits per heavy atom. The van der Waals surface area contributed by atoms with Crippen LogP contribution in [0.5, 0.6) is 0 Å². The second-order valence-electron chi connectivity index (χ2n) is 7.84. The molecule has 1 N–H and O–H groups in total. The van der Waals surface area contributed by atoms with Crippen LogP contribution in [0.15, 0.2) is 30.5 Å². The lowest BCUT2D eigenvalue weighted by atomic mass is 10.1. The number of aromatic amines is 1. The summed E-state index contributed by atoms with van der Waals surface area (Å²) < 4.78 is 0. The molecule has 1 aliphatic carbocycles. The molecule has 2 aliphatic rings. The minimum absolute atomic E-state index is 0.192. The quantitative estimate of drug-likeness (QED) is 0.809. The summed E-state index contributed by atoms with van der Waals surface area (Å²) in [7, 11) is 0. The SMILES string of the molecule is O=C(CCc1c[nH]c2ccccc12)N1CCN(C(=O)CSC2CCCC2)CC1. The van der Waals surface area contributed by atoms with Crippen LogP contribution in [0.3, 0.4) is 0 Å². The van der Waals surface area contributed by atoms with E-state index in [9.17, 15) is 9.59 Å². The van der Waals surface area contributed by atoms with Crippen LogP contribution in [0.25, 0.3) is 10.9 Å². The molecule has 1 aromatic heterocycles. The predicted octanol–water partition coefficient (Wildman–Crippen LogP) is 3.45. The van der Waals surface area contributed by atoms with Crippen LogP contribution in [0.4, 0.5) is 0 Å².